The van der Waals surface area contributed by atoms with Crippen molar-refractivity contribution in [2.24, 2.45) is 0 Å². The monoisotopic (exact) mass is 451 g/mol. The quantitative estimate of drug-likeness (QED) is 0.380. The number of aryl methyl sites for hydroxylation is 1. The molecule has 0 amide bonds. The summed E-state index contributed by atoms with van der Waals surface area (Å²) in [5.74, 6) is 1.96. The van der Waals surface area contributed by atoms with Crippen LogP contribution in [0.4, 0.5) is 0 Å². The van der Waals surface area contributed by atoms with Gasteiger partial charge in [-0.2, -0.15) is 5.10 Å². The lowest BCUT2D eigenvalue weighted by molar-refractivity contribution is 0.0827. The Morgan fingerprint density at radius 1 is 1.03 bits per heavy atom. The summed E-state index contributed by atoms with van der Waals surface area (Å²) in [7, 11) is 1.64. The molecule has 0 bridgehead atoms. The van der Waals surface area contributed by atoms with E-state index in [2.05, 4.69) is 25.7 Å². The van der Waals surface area contributed by atoms with Crippen LogP contribution in [0.25, 0.3) is 5.69 Å². The van der Waals surface area contributed by atoms with Gasteiger partial charge in [0, 0.05) is 19.1 Å². The molecule has 2 aromatic carbocycles. The number of aliphatic hydroxyl groups is 1. The van der Waals surface area contributed by atoms with Crippen LogP contribution in [-0.4, -0.2) is 45.6 Å². The third-order valence-electron chi connectivity index (χ3n) is 5.84. The molecule has 0 unspecified atom stereocenters. The number of unbranched alkanes of at least 4 members (excludes halogenated alkanes) is 1. The van der Waals surface area contributed by atoms with E-state index in [4.69, 9.17) is 14.6 Å². The number of methoxy groups -OCH3 is 1. The number of aromatic nitrogens is 2. The highest BCUT2D eigenvalue weighted by atomic mass is 16.5. The zero-order valence-electron chi connectivity index (χ0n) is 20.5. The fraction of sp³-hybridized carbons (Fsp3) is 0.444. The Hall–Kier alpha value is -2.83. The maximum Gasteiger partial charge on any atom is 0.227 e. The van der Waals surface area contributed by atoms with Crippen LogP contribution in [-0.2, 0) is 6.54 Å². The summed E-state index contributed by atoms with van der Waals surface area (Å²) in [5.41, 5.74) is 2.83. The molecule has 1 heterocycles. The molecular weight excluding hydrogens is 414 g/mol. The van der Waals surface area contributed by atoms with E-state index < -0.39 is 0 Å². The third kappa shape index (κ3) is 6.36. The lowest BCUT2D eigenvalue weighted by Crippen LogP contribution is -2.37. The first-order valence-corrected chi connectivity index (χ1v) is 11.8. The minimum atomic E-state index is -0.351. The first-order valence-electron chi connectivity index (χ1n) is 11.8. The predicted octanol–water partition coefficient (Wildman–Crippen LogP) is 5.74. The van der Waals surface area contributed by atoms with Crippen molar-refractivity contribution in [2.75, 3.05) is 13.7 Å². The van der Waals surface area contributed by atoms with E-state index in [9.17, 15) is 5.11 Å². The van der Waals surface area contributed by atoms with Gasteiger partial charge in [-0.25, -0.2) is 4.68 Å². The van der Waals surface area contributed by atoms with Crippen LogP contribution >= 0.6 is 0 Å². The van der Waals surface area contributed by atoms with E-state index >= 15 is 0 Å². The van der Waals surface area contributed by atoms with Gasteiger partial charge in [0.05, 0.1) is 30.2 Å². The molecule has 0 radical (unpaired) electrons. The minimum Gasteiger partial charge on any atom is -0.493 e. The molecular formula is C27H37N3O3. The maximum atomic E-state index is 10.6. The molecule has 1 N–H and O–H groups in total. The number of hydrogen-bond acceptors (Lipinski definition) is 5. The first kappa shape index (κ1) is 24.8. The van der Waals surface area contributed by atoms with E-state index in [1.165, 1.54) is 0 Å². The zero-order chi connectivity index (χ0) is 23.8. The molecule has 0 spiro atoms. The first-order chi connectivity index (χ1) is 15.9. The molecule has 3 rings (SSSR count). The van der Waals surface area contributed by atoms with Gasteiger partial charge in [0.2, 0.25) is 5.88 Å². The second-order valence-electron chi connectivity index (χ2n) is 8.69. The molecule has 0 aliphatic heterocycles. The van der Waals surface area contributed by atoms with E-state index in [0.29, 0.717) is 30.5 Å². The molecule has 178 valence electrons. The normalized spacial score (nSPS) is 12.4. The van der Waals surface area contributed by atoms with E-state index in [1.807, 2.05) is 66.2 Å². The SMILES string of the molecule is CCCC[C@H](O)CN(Cc1c(C)nn(-c2ccccc2)c1Oc1ccccc1OC)C(C)C. The Morgan fingerprint density at radius 3 is 2.33 bits per heavy atom. The summed E-state index contributed by atoms with van der Waals surface area (Å²) in [5, 5.41) is 15.4. The second-order valence-corrected chi connectivity index (χ2v) is 8.69. The average molecular weight is 452 g/mol. The van der Waals surface area contributed by atoms with Crippen molar-refractivity contribution in [3.05, 3.63) is 65.9 Å². The van der Waals surface area contributed by atoms with Gasteiger partial charge in [0.15, 0.2) is 11.5 Å². The van der Waals surface area contributed by atoms with Crippen molar-refractivity contribution in [2.45, 2.75) is 65.6 Å². The summed E-state index contributed by atoms with van der Waals surface area (Å²) in [4.78, 5) is 2.29. The Labute approximate surface area is 197 Å². The van der Waals surface area contributed by atoms with E-state index in [-0.39, 0.29) is 12.1 Å². The molecule has 0 aliphatic rings. The summed E-state index contributed by atoms with van der Waals surface area (Å²) < 4.78 is 13.8. The third-order valence-corrected chi connectivity index (χ3v) is 5.84. The highest BCUT2D eigenvalue weighted by Crippen LogP contribution is 2.36. The highest BCUT2D eigenvalue weighted by Gasteiger charge is 2.24. The van der Waals surface area contributed by atoms with Crippen LogP contribution in [0.1, 0.15) is 51.3 Å². The molecule has 6 heteroatoms. The average Bonchev–Trinajstić information content (AvgIpc) is 3.13. The molecule has 1 atom stereocenters. The number of ether oxygens (including phenoxy) is 2. The number of nitrogens with zero attached hydrogens (tertiary/aromatic N) is 3. The Bertz CT molecular complexity index is 1000. The van der Waals surface area contributed by atoms with Crippen molar-refractivity contribution >= 4 is 0 Å². The summed E-state index contributed by atoms with van der Waals surface area (Å²) in [6.45, 7) is 9.71. The lowest BCUT2D eigenvalue weighted by Gasteiger charge is -2.29. The Balaban J connectivity index is 2.00. The summed E-state index contributed by atoms with van der Waals surface area (Å²) in [6, 6.07) is 17.9. The molecule has 3 aromatic rings. The molecule has 33 heavy (non-hydrogen) atoms. The van der Waals surface area contributed by atoms with Crippen molar-refractivity contribution in [3.63, 3.8) is 0 Å². The standard InChI is InChI=1S/C27H37N3O3/c1-6-7-15-23(31)18-29(20(2)3)19-24-21(4)28-30(22-13-9-8-10-14-22)27(24)33-26-17-12-11-16-25(26)32-5/h8-14,16-17,20,23,31H,6-7,15,18-19H2,1-5H3/t23-/m0/s1. The van der Waals surface area contributed by atoms with Gasteiger partial charge in [-0.1, -0.05) is 50.1 Å². The van der Waals surface area contributed by atoms with E-state index in [1.54, 1.807) is 7.11 Å². The highest BCUT2D eigenvalue weighted by molar-refractivity contribution is 5.47. The topological polar surface area (TPSA) is 59.8 Å². The van der Waals surface area contributed by atoms with Gasteiger partial charge < -0.3 is 14.6 Å². The van der Waals surface area contributed by atoms with Crippen LogP contribution in [0.3, 0.4) is 0 Å². The van der Waals surface area contributed by atoms with Crippen LogP contribution < -0.4 is 9.47 Å². The number of para-hydroxylation sites is 3. The minimum absolute atomic E-state index is 0.264. The Kier molecular flexibility index (Phi) is 8.92. The molecule has 0 fully saturated rings. The largest absolute Gasteiger partial charge is 0.493 e. The number of hydrogen-bond donors (Lipinski definition) is 1. The van der Waals surface area contributed by atoms with Gasteiger partial charge >= 0.3 is 0 Å². The van der Waals surface area contributed by atoms with Crippen molar-refractivity contribution < 1.29 is 14.6 Å². The van der Waals surface area contributed by atoms with Crippen LogP contribution in [0, 0.1) is 6.92 Å². The predicted molar refractivity (Wildman–Crippen MR) is 132 cm³/mol. The van der Waals surface area contributed by atoms with Gasteiger partial charge in [-0.05, 0) is 51.5 Å². The number of aliphatic hydroxyl groups excluding tert-OH is 1. The lowest BCUT2D eigenvalue weighted by atomic mass is 10.1. The van der Waals surface area contributed by atoms with Crippen molar-refractivity contribution in [1.82, 2.24) is 14.7 Å². The fourth-order valence-corrected chi connectivity index (χ4v) is 3.84. The molecule has 0 saturated carbocycles. The van der Waals surface area contributed by atoms with Gasteiger partial charge in [-0.15, -0.1) is 0 Å². The number of rotatable bonds is 12. The molecule has 1 aromatic heterocycles. The summed E-state index contributed by atoms with van der Waals surface area (Å²) in [6.07, 6.45) is 2.57. The van der Waals surface area contributed by atoms with E-state index in [0.717, 1.165) is 36.2 Å². The molecule has 0 aliphatic carbocycles. The molecule has 6 nitrogen and oxygen atoms in total. The molecule has 0 saturated heterocycles. The van der Waals surface area contributed by atoms with Crippen LogP contribution in [0.2, 0.25) is 0 Å². The fourth-order valence-electron chi connectivity index (χ4n) is 3.84. The van der Waals surface area contributed by atoms with Crippen LogP contribution in [0.15, 0.2) is 54.6 Å². The Morgan fingerprint density at radius 2 is 1.70 bits per heavy atom. The zero-order valence-corrected chi connectivity index (χ0v) is 20.5. The smallest absolute Gasteiger partial charge is 0.227 e. The second kappa shape index (κ2) is 11.9. The van der Waals surface area contributed by atoms with Gasteiger partial charge in [-0.3, -0.25) is 4.90 Å². The van der Waals surface area contributed by atoms with Gasteiger partial charge in [0.25, 0.3) is 0 Å². The number of benzene rings is 2. The van der Waals surface area contributed by atoms with Gasteiger partial charge in [0.1, 0.15) is 0 Å². The van der Waals surface area contributed by atoms with Crippen LogP contribution in [0.5, 0.6) is 17.4 Å². The maximum absolute atomic E-state index is 10.6. The van der Waals surface area contributed by atoms with Crippen molar-refractivity contribution in [3.8, 4) is 23.1 Å². The summed E-state index contributed by atoms with van der Waals surface area (Å²) >= 11 is 0. The van der Waals surface area contributed by atoms with Crippen molar-refractivity contribution in [1.29, 1.82) is 0 Å².